The Kier molecular flexibility index (Phi) is 10.0. The van der Waals surface area contributed by atoms with Gasteiger partial charge in [0.05, 0.1) is 13.2 Å². The number of piperidine rings is 1. The lowest BCUT2D eigenvalue weighted by molar-refractivity contribution is 0.121. The average Bonchev–Trinajstić information content (AvgIpc) is 3.51. The second-order valence-corrected chi connectivity index (χ2v) is 8.00. The molecular weight excluding hydrogens is 463 g/mol. The maximum Gasteiger partial charge on any atom is 0.191 e. The quantitative estimate of drug-likeness (QED) is 0.311. The minimum atomic E-state index is 0. The third-order valence-electron chi connectivity index (χ3n) is 6.00. The molecule has 1 aliphatic heterocycles. The van der Waals surface area contributed by atoms with Gasteiger partial charge in [-0.15, -0.1) is 24.0 Å². The van der Waals surface area contributed by atoms with E-state index in [9.17, 15) is 0 Å². The smallest absolute Gasteiger partial charge is 0.191 e. The van der Waals surface area contributed by atoms with Crippen molar-refractivity contribution >= 4 is 29.9 Å². The number of guanidine groups is 1. The summed E-state index contributed by atoms with van der Waals surface area (Å²) in [4.78, 5) is 7.44. The minimum absolute atomic E-state index is 0. The largest absolute Gasteiger partial charge is 0.383 e. The molecule has 0 unspecified atom stereocenters. The van der Waals surface area contributed by atoms with Gasteiger partial charge in [-0.1, -0.05) is 30.3 Å². The molecule has 0 spiro atoms. The maximum absolute atomic E-state index is 5.19. The number of rotatable bonds is 9. The molecule has 28 heavy (non-hydrogen) atoms. The first-order chi connectivity index (χ1) is 13.3. The average molecular weight is 500 g/mol. The summed E-state index contributed by atoms with van der Waals surface area (Å²) in [5.41, 5.74) is 1.71. The van der Waals surface area contributed by atoms with Gasteiger partial charge in [0.2, 0.25) is 0 Å². The molecule has 2 N–H and O–H groups in total. The predicted molar refractivity (Wildman–Crippen MR) is 128 cm³/mol. The predicted octanol–water partition coefficient (Wildman–Crippen LogP) is 3.25. The van der Waals surface area contributed by atoms with Crippen LogP contribution < -0.4 is 10.6 Å². The van der Waals surface area contributed by atoms with Crippen LogP contribution in [0.4, 0.5) is 0 Å². The highest BCUT2D eigenvalue weighted by Gasteiger charge is 2.44. The van der Waals surface area contributed by atoms with Crippen molar-refractivity contribution in [2.24, 2.45) is 10.9 Å². The zero-order valence-corrected chi connectivity index (χ0v) is 19.8. The molecule has 0 radical (unpaired) electrons. The maximum atomic E-state index is 5.19. The Labute approximate surface area is 187 Å². The first-order valence-electron chi connectivity index (χ1n) is 10.5. The molecule has 1 heterocycles. The Bertz CT molecular complexity index is 583. The van der Waals surface area contributed by atoms with Crippen LogP contribution in [-0.2, 0) is 10.2 Å². The van der Waals surface area contributed by atoms with Gasteiger partial charge < -0.3 is 20.3 Å². The van der Waals surface area contributed by atoms with Gasteiger partial charge in [-0.05, 0) is 57.2 Å². The highest BCUT2D eigenvalue weighted by Crippen LogP contribution is 2.48. The summed E-state index contributed by atoms with van der Waals surface area (Å²) in [6.07, 6.45) is 5.01. The van der Waals surface area contributed by atoms with Crippen molar-refractivity contribution in [2.45, 2.75) is 38.0 Å². The molecule has 6 heteroatoms. The van der Waals surface area contributed by atoms with E-state index >= 15 is 0 Å². The van der Waals surface area contributed by atoms with Gasteiger partial charge in [-0.25, -0.2) is 0 Å². The lowest BCUT2D eigenvalue weighted by Crippen LogP contribution is -2.43. The fourth-order valence-corrected chi connectivity index (χ4v) is 3.93. The number of ether oxygens (including phenoxy) is 1. The summed E-state index contributed by atoms with van der Waals surface area (Å²) in [5.74, 6) is 1.71. The van der Waals surface area contributed by atoms with Crippen molar-refractivity contribution in [3.05, 3.63) is 35.9 Å². The normalized spacial score (nSPS) is 19.7. The molecule has 1 aromatic carbocycles. The van der Waals surface area contributed by atoms with E-state index in [1.807, 2.05) is 0 Å². The third-order valence-corrected chi connectivity index (χ3v) is 6.00. The molecule has 2 aliphatic rings. The Morgan fingerprint density at radius 3 is 2.50 bits per heavy atom. The first-order valence-corrected chi connectivity index (χ1v) is 10.5. The Morgan fingerprint density at radius 2 is 1.89 bits per heavy atom. The number of aliphatic imine (C=N–C) groups is 1. The van der Waals surface area contributed by atoms with E-state index in [0.29, 0.717) is 0 Å². The van der Waals surface area contributed by atoms with E-state index in [1.54, 1.807) is 7.11 Å². The second kappa shape index (κ2) is 12.0. The number of methoxy groups -OCH3 is 1. The first kappa shape index (κ1) is 23.4. The van der Waals surface area contributed by atoms with Gasteiger partial charge in [0.15, 0.2) is 5.96 Å². The van der Waals surface area contributed by atoms with Crippen molar-refractivity contribution < 1.29 is 4.74 Å². The van der Waals surface area contributed by atoms with Crippen LogP contribution in [0.15, 0.2) is 35.3 Å². The molecular formula is C22H37IN4O. The van der Waals surface area contributed by atoms with Crippen molar-refractivity contribution in [1.29, 1.82) is 0 Å². The van der Waals surface area contributed by atoms with Crippen LogP contribution in [0.2, 0.25) is 0 Å². The van der Waals surface area contributed by atoms with Crippen molar-refractivity contribution in [2.75, 3.05) is 53.0 Å². The number of halogens is 1. The van der Waals surface area contributed by atoms with E-state index in [0.717, 1.165) is 44.7 Å². The second-order valence-electron chi connectivity index (χ2n) is 8.00. The fraction of sp³-hybridized carbons (Fsp3) is 0.682. The van der Waals surface area contributed by atoms with E-state index in [2.05, 4.69) is 52.8 Å². The highest BCUT2D eigenvalue weighted by atomic mass is 127. The summed E-state index contributed by atoms with van der Waals surface area (Å²) < 4.78 is 5.19. The minimum Gasteiger partial charge on any atom is -0.383 e. The number of nitrogens with zero attached hydrogens (tertiary/aromatic N) is 2. The molecule has 0 aromatic heterocycles. The fourth-order valence-electron chi connectivity index (χ4n) is 3.93. The van der Waals surface area contributed by atoms with Crippen LogP contribution in [0.5, 0.6) is 0 Å². The lowest BCUT2D eigenvalue weighted by atomic mass is 9.96. The van der Waals surface area contributed by atoms with E-state index < -0.39 is 0 Å². The molecule has 1 saturated carbocycles. The number of hydrogen-bond acceptors (Lipinski definition) is 3. The lowest BCUT2D eigenvalue weighted by Gasteiger charge is -2.32. The summed E-state index contributed by atoms with van der Waals surface area (Å²) >= 11 is 0. The van der Waals surface area contributed by atoms with Gasteiger partial charge in [-0.3, -0.25) is 4.99 Å². The third kappa shape index (κ3) is 6.88. The molecule has 3 rings (SSSR count). The summed E-state index contributed by atoms with van der Waals surface area (Å²) in [6.45, 7) is 9.19. The van der Waals surface area contributed by atoms with Crippen LogP contribution in [0.3, 0.4) is 0 Å². The summed E-state index contributed by atoms with van der Waals surface area (Å²) in [5, 5.41) is 7.02. The van der Waals surface area contributed by atoms with Gasteiger partial charge in [-0.2, -0.15) is 0 Å². The van der Waals surface area contributed by atoms with Crippen molar-refractivity contribution in [3.63, 3.8) is 0 Å². The molecule has 0 amide bonds. The molecule has 158 valence electrons. The van der Waals surface area contributed by atoms with Crippen LogP contribution in [-0.4, -0.2) is 63.8 Å². The summed E-state index contributed by atoms with van der Waals surface area (Å²) in [6, 6.07) is 10.9. The number of nitrogens with one attached hydrogen (secondary N) is 2. The van der Waals surface area contributed by atoms with Gasteiger partial charge in [0.1, 0.15) is 0 Å². The molecule has 5 nitrogen and oxygen atoms in total. The van der Waals surface area contributed by atoms with Crippen LogP contribution >= 0.6 is 24.0 Å². The number of benzene rings is 1. The Balaban J connectivity index is 0.00000280. The van der Waals surface area contributed by atoms with E-state index in [-0.39, 0.29) is 29.4 Å². The molecule has 1 saturated heterocycles. The topological polar surface area (TPSA) is 48.9 Å². The molecule has 1 aliphatic carbocycles. The molecule has 0 bridgehead atoms. The van der Waals surface area contributed by atoms with Crippen molar-refractivity contribution in [1.82, 2.24) is 15.5 Å². The molecule has 2 fully saturated rings. The SMILES string of the molecule is CCNC(=NCC1(c2ccccc2)CC1)NCC1CCN(CCOC)CC1.I. The van der Waals surface area contributed by atoms with Gasteiger partial charge in [0, 0.05) is 32.2 Å². The highest BCUT2D eigenvalue weighted by molar-refractivity contribution is 14.0. The van der Waals surface area contributed by atoms with Gasteiger partial charge >= 0.3 is 0 Å². The van der Waals surface area contributed by atoms with Crippen molar-refractivity contribution in [3.8, 4) is 0 Å². The van der Waals surface area contributed by atoms with Gasteiger partial charge in [0.25, 0.3) is 0 Å². The monoisotopic (exact) mass is 500 g/mol. The van der Waals surface area contributed by atoms with Crippen LogP contribution in [0.25, 0.3) is 0 Å². The number of likely N-dealkylation sites (tertiary alicyclic amines) is 1. The molecule has 1 aromatic rings. The number of hydrogen-bond donors (Lipinski definition) is 2. The summed E-state index contributed by atoms with van der Waals surface area (Å²) in [7, 11) is 1.78. The van der Waals surface area contributed by atoms with E-state index in [4.69, 9.17) is 9.73 Å². The zero-order chi connectivity index (χ0) is 19.0. The van der Waals surface area contributed by atoms with E-state index in [1.165, 1.54) is 44.3 Å². The Hall–Kier alpha value is -0.860. The standard InChI is InChI=1S/C22H36N4O.HI/c1-3-23-21(24-17-19-9-13-26(14-10-19)15-16-27-2)25-18-22(11-12-22)20-7-5-4-6-8-20;/h4-8,19H,3,9-18H2,1-2H3,(H2,23,24,25);1H. The van der Waals surface area contributed by atoms with Crippen LogP contribution in [0, 0.1) is 5.92 Å². The Morgan fingerprint density at radius 1 is 1.18 bits per heavy atom. The van der Waals surface area contributed by atoms with Crippen LogP contribution in [0.1, 0.15) is 38.2 Å². The zero-order valence-electron chi connectivity index (χ0n) is 17.5. The molecule has 0 atom stereocenters.